The average Bonchev–Trinajstić information content (AvgIpc) is 3.68. The molecule has 2 aliphatic heterocycles. The molecule has 1 amide bonds. The topological polar surface area (TPSA) is 81.1 Å². The lowest BCUT2D eigenvalue weighted by molar-refractivity contribution is -0.189. The van der Waals surface area contributed by atoms with E-state index < -0.39 is 5.79 Å². The zero-order valence-electron chi connectivity index (χ0n) is 23.9. The summed E-state index contributed by atoms with van der Waals surface area (Å²) in [4.78, 5) is 21.1. The minimum absolute atomic E-state index is 0.0695. The van der Waals surface area contributed by atoms with Crippen molar-refractivity contribution in [2.75, 3.05) is 56.2 Å². The molecule has 0 spiro atoms. The number of rotatable bonds is 10. The summed E-state index contributed by atoms with van der Waals surface area (Å²) in [7, 11) is 0. The largest absolute Gasteiger partial charge is 0.491 e. The van der Waals surface area contributed by atoms with E-state index in [9.17, 15) is 4.79 Å². The van der Waals surface area contributed by atoms with Gasteiger partial charge in [0.05, 0.1) is 41.8 Å². The van der Waals surface area contributed by atoms with Crippen molar-refractivity contribution >= 4 is 52.1 Å². The van der Waals surface area contributed by atoms with Gasteiger partial charge in [-0.2, -0.15) is 0 Å². The van der Waals surface area contributed by atoms with Gasteiger partial charge >= 0.3 is 0 Å². The third-order valence-corrected chi connectivity index (χ3v) is 8.55. The molecule has 9 nitrogen and oxygen atoms in total. The number of anilines is 2. The highest BCUT2D eigenvalue weighted by Gasteiger charge is 2.45. The van der Waals surface area contributed by atoms with Crippen molar-refractivity contribution in [1.82, 2.24) is 14.5 Å². The van der Waals surface area contributed by atoms with Crippen LogP contribution in [0, 0.1) is 0 Å². The number of nitrogens with one attached hydrogen (secondary N) is 1. The van der Waals surface area contributed by atoms with Gasteiger partial charge in [0, 0.05) is 54.8 Å². The number of aromatic nitrogens is 2. The molecule has 2 saturated heterocycles. The van der Waals surface area contributed by atoms with Crippen molar-refractivity contribution in [1.29, 1.82) is 0 Å². The maximum atomic E-state index is 12.5. The van der Waals surface area contributed by atoms with Gasteiger partial charge < -0.3 is 29.0 Å². The van der Waals surface area contributed by atoms with Crippen LogP contribution in [-0.4, -0.2) is 72.4 Å². The normalized spacial score (nSPS) is 20.5. The van der Waals surface area contributed by atoms with Gasteiger partial charge in [-0.25, -0.2) is 4.98 Å². The predicted molar refractivity (Wildman–Crippen MR) is 172 cm³/mol. The Morgan fingerprint density at radius 2 is 1.80 bits per heavy atom. The van der Waals surface area contributed by atoms with E-state index in [1.807, 2.05) is 41.1 Å². The zero-order valence-corrected chi connectivity index (χ0v) is 26.1. The summed E-state index contributed by atoms with van der Waals surface area (Å²) in [6, 6.07) is 20.6. The van der Waals surface area contributed by atoms with E-state index in [4.69, 9.17) is 49.0 Å². The lowest BCUT2D eigenvalue weighted by Crippen LogP contribution is -2.48. The van der Waals surface area contributed by atoms with Gasteiger partial charge in [-0.1, -0.05) is 53.0 Å². The number of hydrogen-bond donors (Lipinski definition) is 1. The van der Waals surface area contributed by atoms with Gasteiger partial charge in [0.1, 0.15) is 18.5 Å². The molecular formula is C32H32Cl3N5O4. The van der Waals surface area contributed by atoms with Crippen LogP contribution in [-0.2, 0) is 26.6 Å². The molecule has 0 saturated carbocycles. The predicted octanol–water partition coefficient (Wildman–Crippen LogP) is 5.95. The van der Waals surface area contributed by atoms with E-state index in [2.05, 4.69) is 32.2 Å². The summed E-state index contributed by atoms with van der Waals surface area (Å²) in [5, 5.41) is 4.43. The Hall–Kier alpha value is -3.31. The number of imidazole rings is 1. The van der Waals surface area contributed by atoms with Crippen molar-refractivity contribution in [3.8, 4) is 5.75 Å². The standard InChI is InChI=1S/C32H32Cl3N5O4/c33-23-5-10-27(29(35)17-23)32(21-39-12-11-36-22-39)43-20-26(44-32)19-42-25-8-6-24(7-9-25)40-15-13-38(14-16-40)18-31(41)37-30-4-2-1-3-28(30)34/h1-12,17,22,26H,13-16,18-21H2,(H,37,41)/t26-,32-/m1/s1. The lowest BCUT2D eigenvalue weighted by atomic mass is 10.1. The number of hydrogen-bond acceptors (Lipinski definition) is 7. The Bertz CT molecular complexity index is 1560. The number of para-hydroxylation sites is 1. The summed E-state index contributed by atoms with van der Waals surface area (Å²) in [5.74, 6) is -0.429. The molecule has 1 aromatic heterocycles. The molecule has 1 N–H and O–H groups in total. The molecule has 0 bridgehead atoms. The smallest absolute Gasteiger partial charge is 0.238 e. The van der Waals surface area contributed by atoms with Gasteiger partial charge in [-0.15, -0.1) is 0 Å². The highest BCUT2D eigenvalue weighted by molar-refractivity contribution is 6.35. The molecular weight excluding hydrogens is 625 g/mol. The number of nitrogens with zero attached hydrogens (tertiary/aromatic N) is 4. The molecule has 2 aliphatic rings. The Kier molecular flexibility index (Phi) is 9.61. The molecule has 2 fully saturated rings. The second-order valence-electron chi connectivity index (χ2n) is 10.8. The first kappa shape index (κ1) is 30.7. The fourth-order valence-corrected chi connectivity index (χ4v) is 6.17. The maximum Gasteiger partial charge on any atom is 0.238 e. The Balaban J connectivity index is 0.998. The number of benzene rings is 3. The SMILES string of the molecule is O=C(CN1CCN(c2ccc(OC[C@@H]3CO[C@@](Cn4ccnc4)(c4ccc(Cl)cc4Cl)O3)cc2)CC1)Nc1ccccc1Cl. The fraction of sp³-hybridized carbons (Fsp3) is 0.312. The van der Waals surface area contributed by atoms with Crippen LogP contribution in [0.15, 0.2) is 85.5 Å². The first-order chi connectivity index (χ1) is 21.4. The quantitative estimate of drug-likeness (QED) is 0.226. The zero-order chi connectivity index (χ0) is 30.5. The first-order valence-corrected chi connectivity index (χ1v) is 15.5. The van der Waals surface area contributed by atoms with Gasteiger partial charge in [-0.05, 0) is 48.5 Å². The van der Waals surface area contributed by atoms with Crippen molar-refractivity contribution in [3.63, 3.8) is 0 Å². The van der Waals surface area contributed by atoms with Crippen LogP contribution in [0.4, 0.5) is 11.4 Å². The van der Waals surface area contributed by atoms with E-state index in [-0.39, 0.29) is 12.0 Å². The molecule has 0 aliphatic carbocycles. The van der Waals surface area contributed by atoms with Crippen LogP contribution in [0.2, 0.25) is 15.1 Å². The van der Waals surface area contributed by atoms with Crippen LogP contribution >= 0.6 is 34.8 Å². The van der Waals surface area contributed by atoms with E-state index in [0.717, 1.165) is 37.6 Å². The third-order valence-electron chi connectivity index (χ3n) is 7.68. The number of piperazine rings is 1. The Morgan fingerprint density at radius 3 is 2.52 bits per heavy atom. The fourth-order valence-electron chi connectivity index (χ4n) is 5.44. The van der Waals surface area contributed by atoms with E-state index >= 15 is 0 Å². The van der Waals surface area contributed by atoms with Crippen LogP contribution in [0.1, 0.15) is 5.56 Å². The molecule has 3 aromatic carbocycles. The number of halogens is 3. The highest BCUT2D eigenvalue weighted by atomic mass is 35.5. The van der Waals surface area contributed by atoms with E-state index in [1.54, 1.807) is 36.8 Å². The molecule has 0 radical (unpaired) electrons. The summed E-state index contributed by atoms with van der Waals surface area (Å²) >= 11 is 18.9. The Labute approximate surface area is 271 Å². The number of carbonyl (C=O) groups is 1. The molecule has 12 heteroatoms. The van der Waals surface area contributed by atoms with E-state index in [0.29, 0.717) is 52.6 Å². The minimum Gasteiger partial charge on any atom is -0.491 e. The van der Waals surface area contributed by atoms with Crippen molar-refractivity contribution in [2.45, 2.75) is 18.4 Å². The second kappa shape index (κ2) is 13.8. The van der Waals surface area contributed by atoms with Crippen LogP contribution in [0.3, 0.4) is 0 Å². The minimum atomic E-state index is -1.10. The molecule has 0 unspecified atom stereocenters. The number of carbonyl (C=O) groups excluding carboxylic acids is 1. The molecule has 6 rings (SSSR count). The summed E-state index contributed by atoms with van der Waals surface area (Å²) < 4.78 is 20.7. The van der Waals surface area contributed by atoms with Gasteiger partial charge in [0.25, 0.3) is 0 Å². The summed E-state index contributed by atoms with van der Waals surface area (Å²) in [6.45, 7) is 4.55. The van der Waals surface area contributed by atoms with Gasteiger partial charge in [0.15, 0.2) is 0 Å². The first-order valence-electron chi connectivity index (χ1n) is 14.3. The monoisotopic (exact) mass is 655 g/mol. The van der Waals surface area contributed by atoms with Gasteiger partial charge in [0.2, 0.25) is 11.7 Å². The molecule has 4 aromatic rings. The van der Waals surface area contributed by atoms with Crippen LogP contribution in [0.5, 0.6) is 5.75 Å². The van der Waals surface area contributed by atoms with Crippen LogP contribution in [0.25, 0.3) is 0 Å². The van der Waals surface area contributed by atoms with Crippen molar-refractivity contribution < 1.29 is 19.0 Å². The second-order valence-corrected chi connectivity index (χ2v) is 12.0. The summed E-state index contributed by atoms with van der Waals surface area (Å²) in [6.07, 6.45) is 4.96. The van der Waals surface area contributed by atoms with Crippen molar-refractivity contribution in [2.24, 2.45) is 0 Å². The number of ether oxygens (including phenoxy) is 3. The molecule has 3 heterocycles. The highest BCUT2D eigenvalue weighted by Crippen LogP contribution is 2.40. The molecule has 44 heavy (non-hydrogen) atoms. The van der Waals surface area contributed by atoms with E-state index in [1.165, 1.54) is 0 Å². The van der Waals surface area contributed by atoms with Crippen LogP contribution < -0.4 is 15.0 Å². The van der Waals surface area contributed by atoms with Crippen molar-refractivity contribution in [3.05, 3.63) is 106 Å². The average molecular weight is 657 g/mol. The lowest BCUT2D eigenvalue weighted by Gasteiger charge is -2.35. The molecule has 230 valence electrons. The third kappa shape index (κ3) is 7.31. The molecule has 2 atom stereocenters. The Morgan fingerprint density at radius 1 is 1.00 bits per heavy atom. The number of amides is 1. The summed E-state index contributed by atoms with van der Waals surface area (Å²) in [5.41, 5.74) is 2.44. The maximum absolute atomic E-state index is 12.5. The van der Waals surface area contributed by atoms with Gasteiger partial charge in [-0.3, -0.25) is 9.69 Å².